The van der Waals surface area contributed by atoms with Crippen LogP contribution in [0.5, 0.6) is 0 Å². The molecule has 2 aliphatic heterocycles. The molecule has 8 heteroatoms. The van der Waals surface area contributed by atoms with Gasteiger partial charge in [-0.3, -0.25) is 4.79 Å². The molecule has 0 radical (unpaired) electrons. The van der Waals surface area contributed by atoms with Crippen molar-refractivity contribution in [3.05, 3.63) is 89.0 Å². The number of fused-ring (bicyclic) bond motifs is 1. The minimum atomic E-state index is -3.39. The molecule has 5 rings (SSSR count). The number of aromatic carboxylic acids is 1. The van der Waals surface area contributed by atoms with E-state index < -0.39 is 26.7 Å². The van der Waals surface area contributed by atoms with Crippen molar-refractivity contribution in [1.29, 1.82) is 0 Å². The van der Waals surface area contributed by atoms with E-state index in [9.17, 15) is 23.1 Å². The normalized spacial score (nSPS) is 24.0. The van der Waals surface area contributed by atoms with Crippen LogP contribution in [0.15, 0.2) is 72.3 Å². The molecule has 2 aromatic rings. The number of piperidine rings is 1. The van der Waals surface area contributed by atoms with Crippen LogP contribution in [0.25, 0.3) is 5.57 Å². The lowest BCUT2D eigenvalue weighted by Crippen LogP contribution is -2.57. The molecule has 1 amide bonds. The average Bonchev–Trinajstić information content (AvgIpc) is 2.96. The summed E-state index contributed by atoms with van der Waals surface area (Å²) in [7, 11) is -3.39. The number of nitrogens with zero attached hydrogens (tertiary/aromatic N) is 2. The van der Waals surface area contributed by atoms with Crippen LogP contribution >= 0.6 is 0 Å². The Kier molecular flexibility index (Phi) is 7.77. The molecule has 1 N–H and O–H groups in total. The van der Waals surface area contributed by atoms with E-state index in [0.29, 0.717) is 39.0 Å². The van der Waals surface area contributed by atoms with Gasteiger partial charge in [0.25, 0.3) is 0 Å². The minimum Gasteiger partial charge on any atom is -0.478 e. The molecule has 1 aliphatic carbocycles. The van der Waals surface area contributed by atoms with Gasteiger partial charge in [-0.1, -0.05) is 81.0 Å². The third-order valence-corrected chi connectivity index (χ3v) is 12.1. The topological polar surface area (TPSA) is 95.0 Å². The lowest BCUT2D eigenvalue weighted by Gasteiger charge is -2.52. The zero-order valence-corrected chi connectivity index (χ0v) is 26.1. The van der Waals surface area contributed by atoms with Crippen molar-refractivity contribution in [2.75, 3.05) is 26.2 Å². The van der Waals surface area contributed by atoms with Crippen LogP contribution in [-0.4, -0.2) is 66.0 Å². The predicted molar refractivity (Wildman–Crippen MR) is 166 cm³/mol. The van der Waals surface area contributed by atoms with Crippen LogP contribution < -0.4 is 0 Å². The summed E-state index contributed by atoms with van der Waals surface area (Å²) in [4.78, 5) is 27.9. The average molecular weight is 591 g/mol. The molecule has 0 spiro atoms. The highest BCUT2D eigenvalue weighted by Crippen LogP contribution is 2.55. The summed E-state index contributed by atoms with van der Waals surface area (Å²) in [5, 5.41) is 8.82. The molecule has 0 bridgehead atoms. The van der Waals surface area contributed by atoms with Crippen LogP contribution in [0, 0.1) is 10.8 Å². The molecule has 1 atom stereocenters. The molecule has 0 aromatic heterocycles. The SMILES string of the molecule is CC(C)S(=O)(=O)N1CCC(C(=O)N2CC=C3C(C)(C)C(c4ccc(C(=O)O)cc4)=CC[C@]3(C)C2)(c2ccccc2)CC1. The molecule has 7 nitrogen and oxygen atoms in total. The standard InChI is InChI=1S/C34H42N2O5S/c1-24(2)42(40,41)36-21-18-34(19-22-36,27-9-7-6-8-10-27)31(39)35-20-16-29-32(3,4)28(15-17-33(29,5)23-35)25-11-13-26(14-12-25)30(37)38/h6-16,24H,17-23H2,1-5H3,(H,37,38)/t33-/m1/s1. The fourth-order valence-electron chi connectivity index (χ4n) is 7.46. The third-order valence-electron chi connectivity index (χ3n) is 9.81. The van der Waals surface area contributed by atoms with Crippen LogP contribution in [0.4, 0.5) is 0 Å². The molecule has 3 aliphatic rings. The van der Waals surface area contributed by atoms with Gasteiger partial charge in [0, 0.05) is 37.0 Å². The quantitative estimate of drug-likeness (QED) is 0.433. The van der Waals surface area contributed by atoms with Crippen LogP contribution in [-0.2, 0) is 20.2 Å². The minimum absolute atomic E-state index is 0.0728. The maximum atomic E-state index is 14.6. The summed E-state index contributed by atoms with van der Waals surface area (Å²) in [6, 6.07) is 16.9. The first-order chi connectivity index (χ1) is 19.7. The van der Waals surface area contributed by atoms with Crippen molar-refractivity contribution in [3.8, 4) is 0 Å². The molecule has 0 saturated carbocycles. The summed E-state index contributed by atoms with van der Waals surface area (Å²) in [6.07, 6.45) is 6.14. The summed E-state index contributed by atoms with van der Waals surface area (Å²) in [5.74, 6) is -0.866. The predicted octanol–water partition coefficient (Wildman–Crippen LogP) is 5.75. The van der Waals surface area contributed by atoms with Crippen molar-refractivity contribution in [3.63, 3.8) is 0 Å². The Morgan fingerprint density at radius 2 is 1.52 bits per heavy atom. The zero-order chi connectivity index (χ0) is 30.5. The number of rotatable bonds is 6. The van der Waals surface area contributed by atoms with Gasteiger partial charge in [0.1, 0.15) is 0 Å². The van der Waals surface area contributed by atoms with E-state index in [2.05, 4.69) is 32.9 Å². The Hall–Kier alpha value is -3.23. The molecule has 224 valence electrons. The first-order valence-electron chi connectivity index (χ1n) is 14.8. The number of allylic oxidation sites excluding steroid dienone is 2. The zero-order valence-electron chi connectivity index (χ0n) is 25.3. The second-order valence-electron chi connectivity index (χ2n) is 13.1. The number of hydrogen-bond donors (Lipinski definition) is 1. The number of carbonyl (C=O) groups is 2. The number of sulfonamides is 1. The molecular formula is C34H42N2O5S. The van der Waals surface area contributed by atoms with Crippen molar-refractivity contribution in [2.24, 2.45) is 10.8 Å². The van der Waals surface area contributed by atoms with E-state index in [-0.39, 0.29) is 22.3 Å². The maximum Gasteiger partial charge on any atom is 0.335 e. The summed E-state index contributed by atoms with van der Waals surface area (Å²) in [6.45, 7) is 11.8. The molecule has 42 heavy (non-hydrogen) atoms. The van der Waals surface area contributed by atoms with Crippen molar-refractivity contribution < 1.29 is 23.1 Å². The van der Waals surface area contributed by atoms with E-state index in [4.69, 9.17) is 0 Å². The lowest BCUT2D eigenvalue weighted by atomic mass is 9.58. The Bertz CT molecular complexity index is 1530. The lowest BCUT2D eigenvalue weighted by molar-refractivity contribution is -0.140. The number of carboxylic acids is 1. The summed E-state index contributed by atoms with van der Waals surface area (Å²) >= 11 is 0. The molecule has 1 saturated heterocycles. The van der Waals surface area contributed by atoms with E-state index >= 15 is 0 Å². The van der Waals surface area contributed by atoms with Crippen LogP contribution in [0.3, 0.4) is 0 Å². The van der Waals surface area contributed by atoms with Crippen molar-refractivity contribution >= 4 is 27.5 Å². The second-order valence-corrected chi connectivity index (χ2v) is 15.6. The highest BCUT2D eigenvalue weighted by molar-refractivity contribution is 7.89. The van der Waals surface area contributed by atoms with E-state index in [0.717, 1.165) is 17.5 Å². The third kappa shape index (κ3) is 5.02. The summed E-state index contributed by atoms with van der Waals surface area (Å²) < 4.78 is 27.4. The molecule has 2 heterocycles. The smallest absolute Gasteiger partial charge is 0.335 e. The first kappa shape index (κ1) is 30.2. The van der Waals surface area contributed by atoms with Gasteiger partial charge < -0.3 is 10.0 Å². The van der Waals surface area contributed by atoms with Crippen LogP contribution in [0.2, 0.25) is 0 Å². The van der Waals surface area contributed by atoms with Gasteiger partial charge in [-0.05, 0) is 61.9 Å². The molecule has 0 unspecified atom stereocenters. The number of amides is 1. The number of hydrogen-bond acceptors (Lipinski definition) is 4. The molecular weight excluding hydrogens is 548 g/mol. The van der Waals surface area contributed by atoms with Gasteiger partial charge >= 0.3 is 5.97 Å². The van der Waals surface area contributed by atoms with Gasteiger partial charge in [0.2, 0.25) is 15.9 Å². The van der Waals surface area contributed by atoms with E-state index in [1.807, 2.05) is 47.4 Å². The van der Waals surface area contributed by atoms with Gasteiger partial charge in [0.05, 0.1) is 16.2 Å². The largest absolute Gasteiger partial charge is 0.478 e. The highest BCUT2D eigenvalue weighted by atomic mass is 32.2. The number of benzene rings is 2. The second kappa shape index (κ2) is 10.8. The summed E-state index contributed by atoms with van der Waals surface area (Å²) in [5.41, 5.74) is 3.38. The maximum absolute atomic E-state index is 14.6. The molecule has 2 aromatic carbocycles. The van der Waals surface area contributed by atoms with Gasteiger partial charge in [-0.25, -0.2) is 17.5 Å². The number of carbonyl (C=O) groups excluding carboxylic acids is 1. The Morgan fingerprint density at radius 3 is 2.10 bits per heavy atom. The van der Waals surface area contributed by atoms with Crippen molar-refractivity contribution in [1.82, 2.24) is 9.21 Å². The Morgan fingerprint density at radius 1 is 0.905 bits per heavy atom. The van der Waals surface area contributed by atoms with E-state index in [1.165, 1.54) is 11.1 Å². The fraction of sp³-hybridized carbons (Fsp3) is 0.471. The number of carboxylic acid groups (broad SMARTS) is 1. The first-order valence-corrected chi connectivity index (χ1v) is 16.3. The van der Waals surface area contributed by atoms with E-state index in [1.54, 1.807) is 30.3 Å². The van der Waals surface area contributed by atoms with Gasteiger partial charge in [-0.15, -0.1) is 0 Å². The molecule has 1 fully saturated rings. The monoisotopic (exact) mass is 590 g/mol. The van der Waals surface area contributed by atoms with Crippen LogP contribution in [0.1, 0.15) is 75.4 Å². The Labute approximate surface area is 250 Å². The van der Waals surface area contributed by atoms with Crippen molar-refractivity contribution in [2.45, 2.75) is 64.5 Å². The van der Waals surface area contributed by atoms with Gasteiger partial charge in [0.15, 0.2) is 0 Å². The fourth-order valence-corrected chi connectivity index (χ4v) is 8.75. The Balaban J connectivity index is 1.43. The highest BCUT2D eigenvalue weighted by Gasteiger charge is 2.51. The van der Waals surface area contributed by atoms with Gasteiger partial charge in [-0.2, -0.15) is 0 Å².